The number of aliphatic hydroxyl groups is 1. The second-order valence-electron chi connectivity index (χ2n) is 6.46. The van der Waals surface area contributed by atoms with Gasteiger partial charge in [0.15, 0.2) is 0 Å². The van der Waals surface area contributed by atoms with Crippen molar-refractivity contribution in [2.45, 2.75) is 12.5 Å². The molecule has 1 aliphatic heterocycles. The van der Waals surface area contributed by atoms with E-state index in [1.165, 1.54) is 48.5 Å². The van der Waals surface area contributed by atoms with Crippen LogP contribution >= 0.6 is 11.6 Å². The van der Waals surface area contributed by atoms with Gasteiger partial charge in [-0.3, -0.25) is 24.5 Å². The lowest BCUT2D eigenvalue weighted by molar-refractivity contribution is -0.385. The van der Waals surface area contributed by atoms with Gasteiger partial charge >= 0.3 is 5.97 Å². The monoisotopic (exact) mass is 430 g/mol. The molecule has 0 spiro atoms. The summed E-state index contributed by atoms with van der Waals surface area (Å²) in [6.07, 6.45) is -0.481. The van der Waals surface area contributed by atoms with E-state index in [-0.39, 0.29) is 28.9 Å². The van der Waals surface area contributed by atoms with Crippen LogP contribution in [0.15, 0.2) is 54.1 Å². The summed E-state index contributed by atoms with van der Waals surface area (Å²) in [5, 5.41) is 31.7. The highest BCUT2D eigenvalue weighted by atomic mass is 35.5. The first-order chi connectivity index (χ1) is 14.2. The van der Waals surface area contributed by atoms with Crippen LogP contribution in [0, 0.1) is 10.1 Å². The third-order valence-corrected chi connectivity index (χ3v) is 4.90. The number of likely N-dealkylation sites (tertiary alicyclic amines) is 1. The van der Waals surface area contributed by atoms with E-state index in [1.807, 2.05) is 0 Å². The zero-order valence-electron chi connectivity index (χ0n) is 15.3. The Hall–Kier alpha value is -3.72. The highest BCUT2D eigenvalue weighted by Crippen LogP contribution is 2.42. The predicted molar refractivity (Wildman–Crippen MR) is 106 cm³/mol. The quantitative estimate of drug-likeness (QED) is 0.236. The lowest BCUT2D eigenvalue weighted by atomic mass is 9.94. The minimum Gasteiger partial charge on any atom is -0.507 e. The minimum atomic E-state index is -1.32. The second kappa shape index (κ2) is 8.34. The number of hydrogen-bond donors (Lipinski definition) is 2. The average Bonchev–Trinajstić information content (AvgIpc) is 2.96. The standard InChI is InChI=1S/C20H15ClN2O7/c21-12-7-5-11(6-8-12)18(26)16-17(13-3-1-2-4-14(13)23(29)30)22(10-9-15(24)25)20(28)19(16)27/h1-8,17,26H,9-10H2,(H,24,25)/b18-16+. The number of nitrogens with zero attached hydrogens (tertiary/aromatic N) is 2. The maximum Gasteiger partial charge on any atom is 0.305 e. The van der Waals surface area contributed by atoms with Crippen LogP contribution in [-0.4, -0.2) is 44.2 Å². The van der Waals surface area contributed by atoms with Crippen LogP contribution in [0.1, 0.15) is 23.6 Å². The molecule has 30 heavy (non-hydrogen) atoms. The van der Waals surface area contributed by atoms with Gasteiger partial charge in [-0.05, 0) is 30.3 Å². The van der Waals surface area contributed by atoms with Gasteiger partial charge in [-0.25, -0.2) is 0 Å². The summed E-state index contributed by atoms with van der Waals surface area (Å²) in [4.78, 5) is 48.2. The number of carboxylic acid groups (broad SMARTS) is 1. The molecule has 1 fully saturated rings. The van der Waals surface area contributed by atoms with E-state index in [0.29, 0.717) is 5.02 Å². The van der Waals surface area contributed by atoms with Crippen molar-refractivity contribution in [1.29, 1.82) is 0 Å². The number of aliphatic carboxylic acids is 1. The molecule has 9 nitrogen and oxygen atoms in total. The van der Waals surface area contributed by atoms with Gasteiger partial charge in [0.05, 0.1) is 28.5 Å². The molecule has 0 bridgehead atoms. The van der Waals surface area contributed by atoms with Crippen molar-refractivity contribution in [2.75, 3.05) is 6.54 Å². The summed E-state index contributed by atoms with van der Waals surface area (Å²) in [5.41, 5.74) is -0.560. The molecule has 3 rings (SSSR count). The Morgan fingerprint density at radius 2 is 1.73 bits per heavy atom. The number of aliphatic hydroxyl groups excluding tert-OH is 1. The van der Waals surface area contributed by atoms with E-state index >= 15 is 0 Å². The fourth-order valence-electron chi connectivity index (χ4n) is 3.30. The first-order valence-corrected chi connectivity index (χ1v) is 9.09. The van der Waals surface area contributed by atoms with Crippen molar-refractivity contribution in [1.82, 2.24) is 4.90 Å². The number of carbonyl (C=O) groups is 3. The molecule has 2 N–H and O–H groups in total. The zero-order valence-corrected chi connectivity index (χ0v) is 16.1. The first kappa shape index (κ1) is 21.0. The Morgan fingerprint density at radius 1 is 1.10 bits per heavy atom. The van der Waals surface area contributed by atoms with Gasteiger partial charge in [-0.15, -0.1) is 0 Å². The number of para-hydroxylation sites is 1. The van der Waals surface area contributed by atoms with Crippen molar-refractivity contribution in [2.24, 2.45) is 0 Å². The van der Waals surface area contributed by atoms with Crippen molar-refractivity contribution < 1.29 is 29.5 Å². The summed E-state index contributed by atoms with van der Waals surface area (Å²) < 4.78 is 0. The molecule has 1 amide bonds. The molecule has 2 aromatic carbocycles. The van der Waals surface area contributed by atoms with Crippen LogP contribution in [0.2, 0.25) is 5.02 Å². The third-order valence-electron chi connectivity index (χ3n) is 4.65. The highest BCUT2D eigenvalue weighted by molar-refractivity contribution is 6.46. The fourth-order valence-corrected chi connectivity index (χ4v) is 3.42. The normalized spacial score (nSPS) is 17.9. The Kier molecular flexibility index (Phi) is 5.84. The molecular weight excluding hydrogens is 416 g/mol. The molecule has 0 saturated carbocycles. The van der Waals surface area contributed by atoms with Crippen LogP contribution in [0.3, 0.4) is 0 Å². The Morgan fingerprint density at radius 3 is 2.33 bits per heavy atom. The average molecular weight is 431 g/mol. The summed E-state index contributed by atoms with van der Waals surface area (Å²) in [5.74, 6) is -3.85. The zero-order chi connectivity index (χ0) is 22.0. The molecule has 10 heteroatoms. The number of nitro groups is 1. The van der Waals surface area contributed by atoms with E-state index < -0.39 is 40.8 Å². The molecule has 1 unspecified atom stereocenters. The van der Waals surface area contributed by atoms with Crippen LogP contribution < -0.4 is 0 Å². The molecule has 1 atom stereocenters. The molecule has 1 heterocycles. The van der Waals surface area contributed by atoms with Crippen molar-refractivity contribution in [3.8, 4) is 0 Å². The number of carboxylic acids is 1. The summed E-state index contributed by atoms with van der Waals surface area (Å²) in [6, 6.07) is 9.95. The number of Topliss-reactive ketones (excluding diaryl/α,β-unsaturated/α-hetero) is 1. The van der Waals surface area contributed by atoms with Crippen LogP contribution in [0.5, 0.6) is 0 Å². The number of halogens is 1. The topological polar surface area (TPSA) is 138 Å². The SMILES string of the molecule is O=C(O)CCN1C(=O)C(=O)/C(=C(/O)c2ccc(Cl)cc2)C1c1ccccc1[N+](=O)[O-]. The van der Waals surface area contributed by atoms with E-state index in [9.17, 15) is 29.6 Å². The lowest BCUT2D eigenvalue weighted by Crippen LogP contribution is -2.32. The maximum absolute atomic E-state index is 12.8. The number of rotatable bonds is 6. The van der Waals surface area contributed by atoms with Gasteiger partial charge in [-0.1, -0.05) is 23.7 Å². The third kappa shape index (κ3) is 3.87. The number of nitro benzene ring substituents is 1. The number of carbonyl (C=O) groups excluding carboxylic acids is 2. The van der Waals surface area contributed by atoms with Gasteiger partial charge in [0.1, 0.15) is 5.76 Å². The summed E-state index contributed by atoms with van der Waals surface area (Å²) >= 11 is 5.84. The van der Waals surface area contributed by atoms with E-state index in [2.05, 4.69) is 0 Å². The Labute approximate surface area is 175 Å². The Bertz CT molecular complexity index is 1080. The smallest absolute Gasteiger partial charge is 0.305 e. The number of hydrogen-bond acceptors (Lipinski definition) is 6. The summed E-state index contributed by atoms with van der Waals surface area (Å²) in [6.45, 7) is -0.367. The van der Waals surface area contributed by atoms with E-state index in [0.717, 1.165) is 4.90 Å². The number of benzene rings is 2. The van der Waals surface area contributed by atoms with Gasteiger partial charge in [-0.2, -0.15) is 0 Å². The molecule has 1 saturated heterocycles. The van der Waals surface area contributed by atoms with Crippen molar-refractivity contribution in [3.05, 3.63) is 80.4 Å². The molecule has 154 valence electrons. The van der Waals surface area contributed by atoms with Crippen molar-refractivity contribution in [3.63, 3.8) is 0 Å². The van der Waals surface area contributed by atoms with Crippen LogP contribution in [-0.2, 0) is 14.4 Å². The molecule has 0 radical (unpaired) electrons. The number of ketones is 1. The van der Waals surface area contributed by atoms with Crippen LogP contribution in [0.25, 0.3) is 5.76 Å². The second-order valence-corrected chi connectivity index (χ2v) is 6.90. The molecule has 1 aliphatic rings. The maximum atomic E-state index is 12.8. The molecule has 2 aromatic rings. The summed E-state index contributed by atoms with van der Waals surface area (Å²) in [7, 11) is 0. The van der Waals surface area contributed by atoms with Crippen molar-refractivity contribution >= 4 is 40.7 Å². The number of amides is 1. The molecular formula is C20H15ClN2O7. The van der Waals surface area contributed by atoms with Gasteiger partial charge in [0.25, 0.3) is 17.4 Å². The van der Waals surface area contributed by atoms with Gasteiger partial charge in [0.2, 0.25) is 0 Å². The molecule has 0 aliphatic carbocycles. The van der Waals surface area contributed by atoms with E-state index in [4.69, 9.17) is 16.7 Å². The van der Waals surface area contributed by atoms with Gasteiger partial charge < -0.3 is 15.1 Å². The largest absolute Gasteiger partial charge is 0.507 e. The predicted octanol–water partition coefficient (Wildman–Crippen LogP) is 3.14. The van der Waals surface area contributed by atoms with Gasteiger partial charge in [0, 0.05) is 23.2 Å². The Balaban J connectivity index is 2.23. The van der Waals surface area contributed by atoms with E-state index in [1.54, 1.807) is 0 Å². The highest BCUT2D eigenvalue weighted by Gasteiger charge is 2.48. The van der Waals surface area contributed by atoms with Crippen LogP contribution in [0.4, 0.5) is 5.69 Å². The fraction of sp³-hybridized carbons (Fsp3) is 0.150. The first-order valence-electron chi connectivity index (χ1n) is 8.71. The lowest BCUT2D eigenvalue weighted by Gasteiger charge is -2.24. The minimum absolute atomic E-state index is 0.0115. The molecule has 0 aromatic heterocycles.